The Morgan fingerprint density at radius 2 is 1.72 bits per heavy atom. The number of nitrogens with zero attached hydrogens (tertiary/aromatic N) is 1. The van der Waals surface area contributed by atoms with Crippen LogP contribution in [-0.4, -0.2) is 12.6 Å². The molecule has 0 N–H and O–H groups in total. The van der Waals surface area contributed by atoms with Gasteiger partial charge in [-0.05, 0) is 29.0 Å². The van der Waals surface area contributed by atoms with Gasteiger partial charge in [-0.3, -0.25) is 0 Å². The van der Waals surface area contributed by atoms with Crippen molar-refractivity contribution >= 4 is 34.1 Å². The highest BCUT2D eigenvalue weighted by Gasteiger charge is 2.21. The first-order chi connectivity index (χ1) is 14.1. The van der Waals surface area contributed by atoms with Crippen LogP contribution in [0.15, 0.2) is 60.2 Å². The molecule has 0 spiro atoms. The van der Waals surface area contributed by atoms with Crippen molar-refractivity contribution < 1.29 is 9.53 Å². The first-order valence-corrected chi connectivity index (χ1v) is 11.7. The number of unbranched alkanes of at least 4 members (excludes halogenated alkanes) is 1. The molecule has 152 valence electrons. The molecule has 0 fully saturated rings. The standard InChI is InChI=1S/C25H28INO2/c1-3-5-9-19(4-2)18-29-25(28)23(17-27)24(21-10-7-6-8-11-21)22-14-12-20(16-26)13-15-22/h6-8,10-15,19H,3-5,9,16,18H2,1-2H3/b24-23-. The molecule has 2 aromatic carbocycles. The van der Waals surface area contributed by atoms with Gasteiger partial charge in [-0.15, -0.1) is 0 Å². The van der Waals surface area contributed by atoms with Gasteiger partial charge in [-0.2, -0.15) is 5.26 Å². The highest BCUT2D eigenvalue weighted by molar-refractivity contribution is 14.1. The second-order valence-corrected chi connectivity index (χ2v) is 7.84. The maximum Gasteiger partial charge on any atom is 0.349 e. The van der Waals surface area contributed by atoms with Crippen LogP contribution in [0.3, 0.4) is 0 Å². The molecule has 0 amide bonds. The Morgan fingerprint density at radius 3 is 2.28 bits per heavy atom. The molecular formula is C25H28INO2. The summed E-state index contributed by atoms with van der Waals surface area (Å²) in [7, 11) is 0. The van der Waals surface area contributed by atoms with E-state index in [1.807, 2.05) is 54.6 Å². The zero-order valence-corrected chi connectivity index (χ0v) is 19.3. The third-order valence-corrected chi connectivity index (χ3v) is 5.90. The van der Waals surface area contributed by atoms with Gasteiger partial charge in [0.05, 0.1) is 6.61 Å². The predicted octanol–water partition coefficient (Wildman–Crippen LogP) is 6.71. The number of benzene rings is 2. The Bertz CT molecular complexity index is 851. The topological polar surface area (TPSA) is 50.1 Å². The summed E-state index contributed by atoms with van der Waals surface area (Å²) >= 11 is 2.32. The number of nitriles is 1. The molecule has 4 heteroatoms. The van der Waals surface area contributed by atoms with E-state index in [4.69, 9.17) is 4.74 Å². The maximum absolute atomic E-state index is 12.9. The van der Waals surface area contributed by atoms with Crippen LogP contribution < -0.4 is 0 Å². The average Bonchev–Trinajstić information content (AvgIpc) is 2.78. The fourth-order valence-electron chi connectivity index (χ4n) is 3.19. The maximum atomic E-state index is 12.9. The highest BCUT2D eigenvalue weighted by atomic mass is 127. The Labute approximate surface area is 187 Å². The monoisotopic (exact) mass is 501 g/mol. The van der Waals surface area contributed by atoms with Crippen LogP contribution in [0.2, 0.25) is 0 Å². The lowest BCUT2D eigenvalue weighted by Crippen LogP contribution is -2.16. The number of esters is 1. The number of rotatable bonds is 10. The van der Waals surface area contributed by atoms with Gasteiger partial charge in [-0.25, -0.2) is 4.79 Å². The molecule has 0 aliphatic carbocycles. The molecule has 0 aliphatic heterocycles. The molecule has 0 bridgehead atoms. The van der Waals surface area contributed by atoms with E-state index in [1.54, 1.807) is 0 Å². The molecule has 1 atom stereocenters. The summed E-state index contributed by atoms with van der Waals surface area (Å²) in [5, 5.41) is 9.84. The lowest BCUT2D eigenvalue weighted by atomic mass is 9.93. The van der Waals surface area contributed by atoms with Crippen molar-refractivity contribution in [2.24, 2.45) is 5.92 Å². The average molecular weight is 501 g/mol. The smallest absolute Gasteiger partial charge is 0.349 e. The van der Waals surface area contributed by atoms with E-state index in [0.29, 0.717) is 18.1 Å². The van der Waals surface area contributed by atoms with Crippen molar-refractivity contribution in [3.8, 4) is 6.07 Å². The minimum atomic E-state index is -0.542. The number of carbonyl (C=O) groups is 1. The van der Waals surface area contributed by atoms with Gasteiger partial charge in [0.1, 0.15) is 11.6 Å². The zero-order valence-electron chi connectivity index (χ0n) is 17.2. The van der Waals surface area contributed by atoms with Gasteiger partial charge < -0.3 is 4.74 Å². The van der Waals surface area contributed by atoms with E-state index in [9.17, 15) is 10.1 Å². The summed E-state index contributed by atoms with van der Waals surface area (Å²) < 4.78 is 6.50. The normalized spacial score (nSPS) is 12.6. The van der Waals surface area contributed by atoms with Gasteiger partial charge in [-0.1, -0.05) is 110 Å². The fourth-order valence-corrected chi connectivity index (χ4v) is 3.70. The van der Waals surface area contributed by atoms with Crippen molar-refractivity contribution in [3.05, 3.63) is 76.9 Å². The van der Waals surface area contributed by atoms with Crippen LogP contribution in [0, 0.1) is 17.2 Å². The molecule has 2 rings (SSSR count). The fraction of sp³-hybridized carbons (Fsp3) is 0.360. The first kappa shape index (κ1) is 23.2. The van der Waals surface area contributed by atoms with Gasteiger partial charge in [0.25, 0.3) is 0 Å². The third-order valence-electron chi connectivity index (χ3n) is 5.02. The molecule has 0 aromatic heterocycles. The molecule has 0 radical (unpaired) electrons. The van der Waals surface area contributed by atoms with Crippen LogP contribution in [0.5, 0.6) is 0 Å². The van der Waals surface area contributed by atoms with E-state index in [-0.39, 0.29) is 5.57 Å². The number of halogens is 1. The second-order valence-electron chi connectivity index (χ2n) is 7.07. The summed E-state index contributed by atoms with van der Waals surface area (Å²) in [6.07, 6.45) is 4.24. The van der Waals surface area contributed by atoms with Crippen molar-refractivity contribution in [1.82, 2.24) is 0 Å². The summed E-state index contributed by atoms with van der Waals surface area (Å²) in [4.78, 5) is 12.9. The molecule has 29 heavy (non-hydrogen) atoms. The van der Waals surface area contributed by atoms with Gasteiger partial charge in [0.2, 0.25) is 0 Å². The minimum Gasteiger partial charge on any atom is -0.461 e. The van der Waals surface area contributed by atoms with Crippen molar-refractivity contribution in [2.75, 3.05) is 6.61 Å². The van der Waals surface area contributed by atoms with E-state index in [0.717, 1.165) is 41.2 Å². The van der Waals surface area contributed by atoms with Crippen LogP contribution in [-0.2, 0) is 14.0 Å². The molecule has 0 heterocycles. The number of carbonyl (C=O) groups excluding carboxylic acids is 1. The van der Waals surface area contributed by atoms with Crippen LogP contribution in [0.4, 0.5) is 0 Å². The Hall–Kier alpha value is -2.13. The van der Waals surface area contributed by atoms with Gasteiger partial charge in [0.15, 0.2) is 0 Å². The number of hydrogen-bond donors (Lipinski definition) is 0. The molecule has 3 nitrogen and oxygen atoms in total. The second kappa shape index (κ2) is 12.4. The molecule has 0 saturated heterocycles. The molecular weight excluding hydrogens is 473 g/mol. The summed E-state index contributed by atoms with van der Waals surface area (Å²) in [6, 6.07) is 19.7. The molecule has 0 saturated carbocycles. The minimum absolute atomic E-state index is 0.0590. The van der Waals surface area contributed by atoms with E-state index in [2.05, 4.69) is 42.5 Å². The predicted molar refractivity (Wildman–Crippen MR) is 127 cm³/mol. The van der Waals surface area contributed by atoms with Crippen LogP contribution in [0.1, 0.15) is 56.2 Å². The van der Waals surface area contributed by atoms with Crippen molar-refractivity contribution in [1.29, 1.82) is 5.26 Å². The third kappa shape index (κ3) is 6.71. The van der Waals surface area contributed by atoms with E-state index >= 15 is 0 Å². The Balaban J connectivity index is 2.38. The van der Waals surface area contributed by atoms with Crippen LogP contribution in [0.25, 0.3) is 5.57 Å². The van der Waals surface area contributed by atoms with Gasteiger partial charge >= 0.3 is 5.97 Å². The highest BCUT2D eigenvalue weighted by Crippen LogP contribution is 2.28. The summed E-state index contributed by atoms with van der Waals surface area (Å²) in [5.74, 6) is -0.207. The van der Waals surface area contributed by atoms with E-state index < -0.39 is 5.97 Å². The molecule has 1 unspecified atom stereocenters. The van der Waals surface area contributed by atoms with Crippen molar-refractivity contribution in [3.63, 3.8) is 0 Å². The SMILES string of the molecule is CCCCC(CC)COC(=O)/C(C#N)=C(/c1ccccc1)c1ccc(CI)cc1. The largest absolute Gasteiger partial charge is 0.461 e. The number of hydrogen-bond acceptors (Lipinski definition) is 3. The number of ether oxygens (including phenoxy) is 1. The summed E-state index contributed by atoms with van der Waals surface area (Å²) in [5.41, 5.74) is 3.56. The zero-order chi connectivity index (χ0) is 21.1. The van der Waals surface area contributed by atoms with Gasteiger partial charge in [0, 0.05) is 10.0 Å². The summed E-state index contributed by atoms with van der Waals surface area (Å²) in [6.45, 7) is 4.63. The lowest BCUT2D eigenvalue weighted by Gasteiger charge is -2.16. The lowest BCUT2D eigenvalue weighted by molar-refractivity contribution is -0.139. The van der Waals surface area contributed by atoms with Crippen molar-refractivity contribution in [2.45, 2.75) is 44.0 Å². The van der Waals surface area contributed by atoms with Crippen LogP contribution >= 0.6 is 22.6 Å². The Kier molecular flexibility index (Phi) is 9.93. The first-order valence-electron chi connectivity index (χ1n) is 10.2. The Morgan fingerprint density at radius 1 is 1.07 bits per heavy atom. The van der Waals surface area contributed by atoms with E-state index in [1.165, 1.54) is 5.56 Å². The number of alkyl halides is 1. The molecule has 2 aromatic rings. The quantitative estimate of drug-likeness (QED) is 0.120. The molecule has 0 aliphatic rings.